The average Bonchev–Trinajstić information content (AvgIpc) is 3.31. The van der Waals surface area contributed by atoms with Gasteiger partial charge < -0.3 is 30.3 Å². The Hall–Kier alpha value is -4.12. The van der Waals surface area contributed by atoms with E-state index >= 15 is 0 Å². The molecule has 2 aromatic heterocycles. The summed E-state index contributed by atoms with van der Waals surface area (Å²) in [7, 11) is 1.23. The van der Waals surface area contributed by atoms with Crippen molar-refractivity contribution in [1.82, 2.24) is 0 Å². The first-order valence-electron chi connectivity index (χ1n) is 9.17. The molecule has 0 fully saturated rings. The van der Waals surface area contributed by atoms with Crippen LogP contribution < -0.4 is 4.74 Å². The van der Waals surface area contributed by atoms with E-state index in [0.29, 0.717) is 11.3 Å². The Bertz CT molecular complexity index is 1650. The molecule has 0 aliphatic rings. The topological polar surface area (TPSA) is 231 Å². The smallest absolute Gasteiger partial charge is 0.347 e. The van der Waals surface area contributed by atoms with E-state index in [1.165, 1.54) is 13.2 Å². The summed E-state index contributed by atoms with van der Waals surface area (Å²) in [6.45, 7) is 0. The lowest BCUT2D eigenvalue weighted by Gasteiger charge is -2.04. The Morgan fingerprint density at radius 2 is 1.24 bits per heavy atom. The molecule has 18 heteroatoms. The van der Waals surface area contributed by atoms with Crippen molar-refractivity contribution in [2.75, 3.05) is 7.11 Å². The van der Waals surface area contributed by atoms with Gasteiger partial charge in [0.15, 0.2) is 11.5 Å². The van der Waals surface area contributed by atoms with Gasteiger partial charge in [-0.1, -0.05) is 23.2 Å². The van der Waals surface area contributed by atoms with Crippen molar-refractivity contribution >= 4 is 89.4 Å². The van der Waals surface area contributed by atoms with Gasteiger partial charge in [-0.25, -0.2) is 9.59 Å². The zero-order valence-electron chi connectivity index (χ0n) is 17.7. The number of phenolic OH excluding ortho intramolecular Hbond substituents is 3. The Morgan fingerprint density at radius 3 is 1.62 bits per heavy atom. The van der Waals surface area contributed by atoms with Crippen molar-refractivity contribution < 1.29 is 49.7 Å². The van der Waals surface area contributed by atoms with E-state index in [9.17, 15) is 45.1 Å². The number of benzene rings is 2. The van der Waals surface area contributed by atoms with Crippen LogP contribution in [0.2, 0.25) is 10.0 Å². The number of carboxylic acid groups (broad SMARTS) is 2. The zero-order chi connectivity index (χ0) is 27.9. The van der Waals surface area contributed by atoms with E-state index in [0.717, 1.165) is 17.4 Å². The highest BCUT2D eigenvalue weighted by atomic mass is 35.5. The third kappa shape index (κ3) is 4.69. The first kappa shape index (κ1) is 27.5. The van der Waals surface area contributed by atoms with Crippen LogP contribution in [0.4, 0.5) is 11.4 Å². The number of rotatable bonds is 5. The summed E-state index contributed by atoms with van der Waals surface area (Å²) in [5, 5.41) is 67.4. The van der Waals surface area contributed by atoms with Crippen LogP contribution in [0.1, 0.15) is 19.3 Å². The number of thiophene rings is 2. The van der Waals surface area contributed by atoms with Gasteiger partial charge in [0.25, 0.3) is 0 Å². The second-order valence-corrected chi connectivity index (χ2v) is 9.59. The Morgan fingerprint density at radius 1 is 0.838 bits per heavy atom. The number of nitro benzene ring substituents is 2. The maximum atomic E-state index is 11.0. The number of fused-ring (bicyclic) bond motifs is 2. The number of nitro groups is 2. The molecule has 194 valence electrons. The van der Waals surface area contributed by atoms with Crippen LogP contribution in [0.3, 0.4) is 0 Å². The number of phenols is 3. The number of ether oxygens (including phenoxy) is 1. The van der Waals surface area contributed by atoms with Crippen LogP contribution in [0.25, 0.3) is 20.2 Å². The van der Waals surface area contributed by atoms with Crippen LogP contribution in [-0.4, -0.2) is 54.4 Å². The summed E-state index contributed by atoms with van der Waals surface area (Å²) >= 11 is 13.1. The van der Waals surface area contributed by atoms with Crippen LogP contribution in [0.15, 0.2) is 12.1 Å². The molecule has 37 heavy (non-hydrogen) atoms. The Kier molecular flexibility index (Phi) is 7.49. The molecule has 0 saturated carbocycles. The third-order valence-electron chi connectivity index (χ3n) is 4.66. The van der Waals surface area contributed by atoms with Crippen molar-refractivity contribution in [1.29, 1.82) is 0 Å². The molecule has 2 aromatic carbocycles. The molecule has 0 unspecified atom stereocenters. The summed E-state index contributed by atoms with van der Waals surface area (Å²) in [6.07, 6.45) is 0. The first-order valence-corrected chi connectivity index (χ1v) is 11.6. The number of nitrogens with zero attached hydrogens (tertiary/aromatic N) is 2. The van der Waals surface area contributed by atoms with E-state index in [4.69, 9.17) is 38.2 Å². The number of carbonyl (C=O) groups is 2. The van der Waals surface area contributed by atoms with E-state index in [-0.39, 0.29) is 45.7 Å². The largest absolute Gasteiger partial charge is 0.504 e. The standard InChI is InChI=1S/C10H6ClNO6S.C9H4ClNO6S/c1-18-3-2-4-5(7(8(3)13)12(16)17)6(11)9(19-4)10(14)15;10-5-4-3(18-8(5)9(14)15)1-2(12)7(13)6(4)11(16)17/h2,13H,1H3,(H,14,15);1,12-13H,(H,14,15). The number of hydrogen-bond donors (Lipinski definition) is 5. The van der Waals surface area contributed by atoms with Crippen LogP contribution in [0, 0.1) is 20.2 Å². The van der Waals surface area contributed by atoms with Gasteiger partial charge >= 0.3 is 23.3 Å². The monoisotopic (exact) mass is 592 g/mol. The van der Waals surface area contributed by atoms with Gasteiger partial charge in [-0.15, -0.1) is 22.7 Å². The Balaban J connectivity index is 0.000000206. The van der Waals surface area contributed by atoms with Crippen LogP contribution in [0.5, 0.6) is 23.0 Å². The maximum absolute atomic E-state index is 11.0. The minimum atomic E-state index is -1.34. The van der Waals surface area contributed by atoms with Crippen LogP contribution >= 0.6 is 45.9 Å². The van der Waals surface area contributed by atoms with Crippen molar-refractivity contribution in [3.05, 3.63) is 52.2 Å². The number of aromatic carboxylic acids is 2. The quantitative estimate of drug-likeness (QED) is 0.110. The number of methoxy groups -OCH3 is 1. The van der Waals surface area contributed by atoms with Crippen molar-refractivity contribution in [3.63, 3.8) is 0 Å². The molecule has 4 aromatic rings. The fraction of sp³-hybridized carbons (Fsp3) is 0.0526. The Labute approximate surface area is 221 Å². The number of carboxylic acids is 2. The molecule has 5 N–H and O–H groups in total. The highest BCUT2D eigenvalue weighted by molar-refractivity contribution is 7.22. The molecule has 2 heterocycles. The summed E-state index contributed by atoms with van der Waals surface area (Å²) in [5.74, 6) is -5.08. The van der Waals surface area contributed by atoms with E-state index in [1.54, 1.807) is 0 Å². The van der Waals surface area contributed by atoms with Gasteiger partial charge in [0.05, 0.1) is 37.8 Å². The maximum Gasteiger partial charge on any atom is 0.347 e. The molecule has 0 aliphatic heterocycles. The van der Waals surface area contributed by atoms with Gasteiger partial charge in [0, 0.05) is 21.5 Å². The predicted molar refractivity (Wildman–Crippen MR) is 132 cm³/mol. The summed E-state index contributed by atoms with van der Waals surface area (Å²) in [5.41, 5.74) is -1.47. The molecule has 0 spiro atoms. The highest BCUT2D eigenvalue weighted by Gasteiger charge is 2.31. The fourth-order valence-corrected chi connectivity index (χ4v) is 5.96. The number of aromatic hydroxyl groups is 3. The van der Waals surface area contributed by atoms with Crippen molar-refractivity contribution in [2.45, 2.75) is 0 Å². The SMILES string of the molecule is COc1cc2sc(C(=O)O)c(Cl)c2c([N+](=O)[O-])c1O.O=C(O)c1sc2cc(O)c(O)c([N+](=O)[O-])c2c1Cl. The van der Waals surface area contributed by atoms with E-state index in [2.05, 4.69) is 0 Å². The second kappa shape index (κ2) is 10.1. The molecule has 0 atom stereocenters. The lowest BCUT2D eigenvalue weighted by Crippen LogP contribution is -1.94. The number of halogens is 2. The lowest BCUT2D eigenvalue weighted by molar-refractivity contribution is -0.384. The predicted octanol–water partition coefficient (Wildman–Crippen LogP) is 5.45. The van der Waals surface area contributed by atoms with Crippen LogP contribution in [-0.2, 0) is 0 Å². The molecule has 0 aliphatic carbocycles. The normalized spacial score (nSPS) is 10.7. The van der Waals surface area contributed by atoms with Gasteiger partial charge in [0.1, 0.15) is 9.75 Å². The minimum Gasteiger partial charge on any atom is -0.504 e. The van der Waals surface area contributed by atoms with Gasteiger partial charge in [-0.3, -0.25) is 20.2 Å². The minimum absolute atomic E-state index is 0.104. The second-order valence-electron chi connectivity index (χ2n) is 6.73. The summed E-state index contributed by atoms with van der Waals surface area (Å²) in [6, 6.07) is 2.33. The molecule has 0 bridgehead atoms. The molecule has 0 radical (unpaired) electrons. The third-order valence-corrected chi connectivity index (χ3v) is 7.89. The summed E-state index contributed by atoms with van der Waals surface area (Å²) < 4.78 is 5.18. The van der Waals surface area contributed by atoms with Gasteiger partial charge in [-0.05, 0) is 0 Å². The van der Waals surface area contributed by atoms with Gasteiger partial charge in [0.2, 0.25) is 11.5 Å². The fourth-order valence-electron chi connectivity index (χ4n) is 3.14. The van der Waals surface area contributed by atoms with Crippen molar-refractivity contribution in [3.8, 4) is 23.0 Å². The lowest BCUT2D eigenvalue weighted by atomic mass is 10.2. The summed E-state index contributed by atoms with van der Waals surface area (Å²) in [4.78, 5) is 41.4. The number of hydrogen-bond acceptors (Lipinski definition) is 12. The molecular formula is C19H10Cl2N2O12S2. The molecule has 4 rings (SSSR count). The molecular weight excluding hydrogens is 583 g/mol. The highest BCUT2D eigenvalue weighted by Crippen LogP contribution is 2.50. The van der Waals surface area contributed by atoms with Gasteiger partial charge in [-0.2, -0.15) is 0 Å². The van der Waals surface area contributed by atoms with E-state index in [1.807, 2.05) is 0 Å². The molecule has 0 amide bonds. The zero-order valence-corrected chi connectivity index (χ0v) is 20.9. The average molecular weight is 593 g/mol. The first-order chi connectivity index (χ1) is 17.2. The van der Waals surface area contributed by atoms with E-state index < -0.39 is 50.4 Å². The molecule has 0 saturated heterocycles. The molecule has 14 nitrogen and oxygen atoms in total. The van der Waals surface area contributed by atoms with Crippen molar-refractivity contribution in [2.24, 2.45) is 0 Å².